The minimum atomic E-state index is 0.767. The van der Waals surface area contributed by atoms with E-state index in [2.05, 4.69) is 27.4 Å². The van der Waals surface area contributed by atoms with Gasteiger partial charge in [0.15, 0.2) is 5.82 Å². The van der Waals surface area contributed by atoms with Crippen LogP contribution in [0.2, 0.25) is 0 Å². The minimum Gasteiger partial charge on any atom is -0.367 e. The van der Waals surface area contributed by atoms with Crippen molar-refractivity contribution in [3.8, 4) is 0 Å². The maximum atomic E-state index is 4.40. The van der Waals surface area contributed by atoms with Gasteiger partial charge >= 0.3 is 0 Å². The van der Waals surface area contributed by atoms with Gasteiger partial charge in [0.05, 0.1) is 0 Å². The van der Waals surface area contributed by atoms with E-state index in [0.29, 0.717) is 0 Å². The van der Waals surface area contributed by atoms with Crippen LogP contribution in [0.5, 0.6) is 0 Å². The zero-order valence-electron chi connectivity index (χ0n) is 12.3. The fraction of sp³-hybridized carbons (Fsp3) is 0.667. The maximum Gasteiger partial charge on any atom is 0.203 e. The lowest BCUT2D eigenvalue weighted by atomic mass is 9.81. The van der Waals surface area contributed by atoms with Crippen molar-refractivity contribution in [1.82, 2.24) is 19.6 Å². The molecule has 1 aliphatic carbocycles. The Morgan fingerprint density at radius 3 is 2.70 bits per heavy atom. The van der Waals surface area contributed by atoms with E-state index in [4.69, 9.17) is 0 Å². The molecule has 2 heterocycles. The maximum absolute atomic E-state index is 4.40. The Hall–Kier alpha value is -1.65. The summed E-state index contributed by atoms with van der Waals surface area (Å²) < 4.78 is 1.98. The first-order chi connectivity index (χ1) is 9.78. The smallest absolute Gasteiger partial charge is 0.203 e. The van der Waals surface area contributed by atoms with Crippen LogP contribution < -0.4 is 5.32 Å². The second-order valence-electron chi connectivity index (χ2n) is 5.89. The molecule has 5 nitrogen and oxygen atoms in total. The summed E-state index contributed by atoms with van der Waals surface area (Å²) >= 11 is 0. The third kappa shape index (κ3) is 2.62. The molecule has 1 fully saturated rings. The lowest BCUT2D eigenvalue weighted by Gasteiger charge is -2.27. The first kappa shape index (κ1) is 13.3. The molecule has 0 saturated heterocycles. The van der Waals surface area contributed by atoms with E-state index < -0.39 is 0 Å². The van der Waals surface area contributed by atoms with Crippen molar-refractivity contribution in [1.29, 1.82) is 0 Å². The Morgan fingerprint density at radius 1 is 1.20 bits per heavy atom. The van der Waals surface area contributed by atoms with Gasteiger partial charge in [-0.1, -0.05) is 26.2 Å². The molecule has 20 heavy (non-hydrogen) atoms. The van der Waals surface area contributed by atoms with Gasteiger partial charge in [-0.3, -0.25) is 4.40 Å². The van der Waals surface area contributed by atoms with Crippen LogP contribution in [0.3, 0.4) is 0 Å². The molecule has 2 aromatic heterocycles. The molecule has 0 unspecified atom stereocenters. The van der Waals surface area contributed by atoms with Crippen LogP contribution in [0.1, 0.15) is 44.9 Å². The van der Waals surface area contributed by atoms with Crippen molar-refractivity contribution < 1.29 is 0 Å². The number of hydrogen-bond donors (Lipinski definition) is 1. The van der Waals surface area contributed by atoms with Crippen LogP contribution >= 0.6 is 0 Å². The number of aryl methyl sites for hydroxylation is 1. The first-order valence-electron chi connectivity index (χ1n) is 7.68. The minimum absolute atomic E-state index is 0.767. The molecule has 0 amide bonds. The fourth-order valence-corrected chi connectivity index (χ4v) is 3.15. The van der Waals surface area contributed by atoms with Crippen molar-refractivity contribution in [2.24, 2.45) is 11.8 Å². The molecule has 0 atom stereocenters. The molecule has 108 valence electrons. The lowest BCUT2D eigenvalue weighted by molar-refractivity contribution is 0.278. The van der Waals surface area contributed by atoms with Gasteiger partial charge in [0.25, 0.3) is 0 Å². The summed E-state index contributed by atoms with van der Waals surface area (Å²) in [6.07, 6.45) is 10.5. The summed E-state index contributed by atoms with van der Waals surface area (Å²) in [5, 5.41) is 11.8. The predicted octanol–water partition coefficient (Wildman–Crippen LogP) is 3.06. The highest BCUT2D eigenvalue weighted by Gasteiger charge is 2.20. The number of nitrogens with one attached hydrogen (secondary N) is 1. The van der Waals surface area contributed by atoms with E-state index >= 15 is 0 Å². The van der Waals surface area contributed by atoms with Gasteiger partial charge in [-0.2, -0.15) is 0 Å². The van der Waals surface area contributed by atoms with Gasteiger partial charge in [-0.05, 0) is 31.6 Å². The average Bonchev–Trinajstić information content (AvgIpc) is 2.88. The fourth-order valence-electron chi connectivity index (χ4n) is 3.15. The van der Waals surface area contributed by atoms with Gasteiger partial charge in [0, 0.05) is 18.9 Å². The Bertz CT molecular complexity index is 569. The normalized spacial score (nSPS) is 23.1. The van der Waals surface area contributed by atoms with Gasteiger partial charge in [-0.15, -0.1) is 10.2 Å². The highest BCUT2D eigenvalue weighted by molar-refractivity contribution is 5.61. The second-order valence-corrected chi connectivity index (χ2v) is 5.89. The predicted molar refractivity (Wildman–Crippen MR) is 79.7 cm³/mol. The van der Waals surface area contributed by atoms with Gasteiger partial charge in [0.2, 0.25) is 5.65 Å². The third-order valence-electron chi connectivity index (χ3n) is 4.60. The van der Waals surface area contributed by atoms with Crippen LogP contribution in [-0.2, 0) is 0 Å². The van der Waals surface area contributed by atoms with Crippen molar-refractivity contribution in [2.45, 2.75) is 46.0 Å². The molecule has 2 aromatic rings. The van der Waals surface area contributed by atoms with Crippen LogP contribution in [0, 0.1) is 18.8 Å². The summed E-state index contributed by atoms with van der Waals surface area (Å²) in [6.45, 7) is 5.26. The third-order valence-corrected chi connectivity index (χ3v) is 4.60. The zero-order chi connectivity index (χ0) is 13.9. The highest BCUT2D eigenvalue weighted by Crippen LogP contribution is 2.30. The second kappa shape index (κ2) is 5.77. The SMILES string of the molecule is CCC1CCC(CNc2nccn3c(C)nnc23)CC1. The van der Waals surface area contributed by atoms with E-state index in [9.17, 15) is 0 Å². The topological polar surface area (TPSA) is 55.1 Å². The Kier molecular flexibility index (Phi) is 3.85. The van der Waals surface area contributed by atoms with Crippen LogP contribution in [0.25, 0.3) is 5.65 Å². The number of rotatable bonds is 4. The summed E-state index contributed by atoms with van der Waals surface area (Å²) in [5.41, 5.74) is 0.826. The van der Waals surface area contributed by atoms with Crippen molar-refractivity contribution in [3.05, 3.63) is 18.2 Å². The quantitative estimate of drug-likeness (QED) is 0.930. The molecule has 1 saturated carbocycles. The number of nitrogens with zero attached hydrogens (tertiary/aromatic N) is 4. The van der Waals surface area contributed by atoms with Crippen LogP contribution in [0.15, 0.2) is 12.4 Å². The van der Waals surface area contributed by atoms with E-state index in [1.54, 1.807) is 6.20 Å². The van der Waals surface area contributed by atoms with Crippen molar-refractivity contribution >= 4 is 11.5 Å². The molecule has 5 heteroatoms. The number of fused-ring (bicyclic) bond motifs is 1. The first-order valence-corrected chi connectivity index (χ1v) is 7.68. The van der Waals surface area contributed by atoms with Gasteiger partial charge in [0.1, 0.15) is 5.82 Å². The summed E-state index contributed by atoms with van der Waals surface area (Å²) in [7, 11) is 0. The summed E-state index contributed by atoms with van der Waals surface area (Å²) in [5.74, 6) is 3.47. The molecule has 3 rings (SSSR count). The number of anilines is 1. The monoisotopic (exact) mass is 273 g/mol. The van der Waals surface area contributed by atoms with Crippen molar-refractivity contribution in [2.75, 3.05) is 11.9 Å². The standard InChI is InChI=1S/C15H23N5/c1-3-12-4-6-13(7-5-12)10-17-14-15-19-18-11(2)20(15)9-8-16-14/h8-9,12-13H,3-7,10H2,1-2H3,(H,16,17). The zero-order valence-corrected chi connectivity index (χ0v) is 12.3. The van der Waals surface area contributed by atoms with E-state index in [1.807, 2.05) is 17.5 Å². The molecular formula is C15H23N5. The Labute approximate surface area is 119 Å². The molecular weight excluding hydrogens is 250 g/mol. The highest BCUT2D eigenvalue weighted by atomic mass is 15.3. The van der Waals surface area contributed by atoms with E-state index in [-0.39, 0.29) is 0 Å². The number of hydrogen-bond acceptors (Lipinski definition) is 4. The molecule has 1 N–H and O–H groups in total. The molecule has 0 radical (unpaired) electrons. The van der Waals surface area contributed by atoms with E-state index in [1.165, 1.54) is 32.1 Å². The van der Waals surface area contributed by atoms with Crippen LogP contribution in [0.4, 0.5) is 5.82 Å². The van der Waals surface area contributed by atoms with Crippen molar-refractivity contribution in [3.63, 3.8) is 0 Å². The van der Waals surface area contributed by atoms with Gasteiger partial charge in [-0.25, -0.2) is 4.98 Å². The van der Waals surface area contributed by atoms with Crippen LogP contribution in [-0.4, -0.2) is 26.1 Å². The largest absolute Gasteiger partial charge is 0.367 e. The summed E-state index contributed by atoms with van der Waals surface area (Å²) in [4.78, 5) is 4.40. The summed E-state index contributed by atoms with van der Waals surface area (Å²) in [6, 6.07) is 0. The molecule has 0 aromatic carbocycles. The lowest BCUT2D eigenvalue weighted by Crippen LogP contribution is -2.21. The molecule has 1 aliphatic rings. The average molecular weight is 273 g/mol. The molecule has 0 aliphatic heterocycles. The number of aromatic nitrogens is 4. The van der Waals surface area contributed by atoms with E-state index in [0.717, 1.165) is 35.7 Å². The molecule has 0 spiro atoms. The van der Waals surface area contributed by atoms with Gasteiger partial charge < -0.3 is 5.32 Å². The molecule has 0 bridgehead atoms. The Balaban J connectivity index is 1.63. The Morgan fingerprint density at radius 2 is 1.95 bits per heavy atom.